The van der Waals surface area contributed by atoms with Crippen LogP contribution in [0.1, 0.15) is 19.8 Å². The van der Waals surface area contributed by atoms with Crippen molar-refractivity contribution >= 4 is 11.8 Å². The fourth-order valence-corrected chi connectivity index (χ4v) is 2.49. The van der Waals surface area contributed by atoms with E-state index in [0.717, 1.165) is 31.3 Å². The Morgan fingerprint density at radius 3 is 3.13 bits per heavy atom. The summed E-state index contributed by atoms with van der Waals surface area (Å²) in [5.74, 6) is 5.29. The maximum Gasteiger partial charge on any atom is 0.0545 e. The third-order valence-electron chi connectivity index (χ3n) is 2.81. The van der Waals surface area contributed by atoms with Gasteiger partial charge >= 0.3 is 0 Å². The molecule has 1 saturated heterocycles. The molecule has 2 atom stereocenters. The first-order valence-corrected chi connectivity index (χ1v) is 6.86. The molecular formula is C12H21NOS. The largest absolute Gasteiger partial charge is 0.381 e. The van der Waals surface area contributed by atoms with E-state index in [4.69, 9.17) is 11.2 Å². The second-order valence-corrected chi connectivity index (χ2v) is 4.95. The van der Waals surface area contributed by atoms with Gasteiger partial charge < -0.3 is 10.1 Å². The molecule has 0 aromatic heterocycles. The Balaban J connectivity index is 2.08. The Labute approximate surface area is 97.5 Å². The summed E-state index contributed by atoms with van der Waals surface area (Å²) >= 11 is 1.82. The summed E-state index contributed by atoms with van der Waals surface area (Å²) in [5.41, 5.74) is 0. The number of thioether (sulfide) groups is 1. The minimum Gasteiger partial charge on any atom is -0.381 e. The zero-order valence-electron chi connectivity index (χ0n) is 9.50. The fraction of sp³-hybridized carbons (Fsp3) is 0.833. The van der Waals surface area contributed by atoms with E-state index in [1.807, 2.05) is 11.8 Å². The van der Waals surface area contributed by atoms with Crippen molar-refractivity contribution < 1.29 is 4.74 Å². The van der Waals surface area contributed by atoms with Gasteiger partial charge in [-0.15, -0.1) is 18.2 Å². The van der Waals surface area contributed by atoms with Gasteiger partial charge in [-0.3, -0.25) is 0 Å². The summed E-state index contributed by atoms with van der Waals surface area (Å²) in [7, 11) is 0. The predicted molar refractivity (Wildman–Crippen MR) is 67.2 cm³/mol. The van der Waals surface area contributed by atoms with Gasteiger partial charge in [-0.2, -0.15) is 0 Å². The van der Waals surface area contributed by atoms with Crippen molar-refractivity contribution in [1.29, 1.82) is 0 Å². The maximum absolute atomic E-state index is 5.41. The Hall–Kier alpha value is -0.170. The molecule has 0 bridgehead atoms. The van der Waals surface area contributed by atoms with Gasteiger partial charge in [-0.25, -0.2) is 0 Å². The van der Waals surface area contributed by atoms with Crippen LogP contribution in [-0.4, -0.2) is 37.3 Å². The van der Waals surface area contributed by atoms with Crippen molar-refractivity contribution in [3.8, 4) is 12.3 Å². The lowest BCUT2D eigenvalue weighted by Crippen LogP contribution is -2.37. The molecule has 0 aromatic rings. The fourth-order valence-electron chi connectivity index (χ4n) is 1.96. The van der Waals surface area contributed by atoms with Gasteiger partial charge in [0, 0.05) is 24.9 Å². The first-order valence-electron chi connectivity index (χ1n) is 5.70. The van der Waals surface area contributed by atoms with E-state index >= 15 is 0 Å². The molecule has 2 nitrogen and oxygen atoms in total. The highest BCUT2D eigenvalue weighted by atomic mass is 32.2. The van der Waals surface area contributed by atoms with Crippen molar-refractivity contribution in [2.75, 3.05) is 31.3 Å². The number of terminal acetylenes is 1. The van der Waals surface area contributed by atoms with E-state index in [2.05, 4.69) is 18.2 Å². The van der Waals surface area contributed by atoms with Crippen LogP contribution in [0.2, 0.25) is 0 Å². The van der Waals surface area contributed by atoms with Crippen molar-refractivity contribution in [1.82, 2.24) is 5.32 Å². The Bertz CT molecular complexity index is 196. The standard InChI is InChI=1S/C12H21NOS/c1-3-8-15-9-6-13-12(4-2)11-5-7-14-10-11/h1,11-13H,4-10H2,2H3. The lowest BCUT2D eigenvalue weighted by atomic mass is 9.97. The summed E-state index contributed by atoms with van der Waals surface area (Å²) in [4.78, 5) is 0. The highest BCUT2D eigenvalue weighted by molar-refractivity contribution is 7.99. The molecule has 1 rings (SSSR count). The normalized spacial score (nSPS) is 22.5. The molecule has 1 N–H and O–H groups in total. The van der Waals surface area contributed by atoms with Crippen LogP contribution in [0, 0.1) is 18.3 Å². The van der Waals surface area contributed by atoms with Crippen molar-refractivity contribution in [2.24, 2.45) is 5.92 Å². The van der Waals surface area contributed by atoms with Crippen molar-refractivity contribution in [3.63, 3.8) is 0 Å². The molecule has 1 aliphatic rings. The van der Waals surface area contributed by atoms with Crippen LogP contribution in [0.15, 0.2) is 0 Å². The summed E-state index contributed by atoms with van der Waals surface area (Å²) in [5, 5.41) is 3.60. The average molecular weight is 227 g/mol. The van der Waals surface area contributed by atoms with Crippen LogP contribution >= 0.6 is 11.8 Å². The van der Waals surface area contributed by atoms with Gasteiger partial charge in [0.1, 0.15) is 0 Å². The smallest absolute Gasteiger partial charge is 0.0545 e. The summed E-state index contributed by atoms with van der Waals surface area (Å²) < 4.78 is 5.41. The van der Waals surface area contributed by atoms with Crippen LogP contribution in [-0.2, 0) is 4.74 Å². The first-order chi connectivity index (χ1) is 7.38. The minimum atomic E-state index is 0.624. The highest BCUT2D eigenvalue weighted by Crippen LogP contribution is 2.18. The molecule has 3 heteroatoms. The lowest BCUT2D eigenvalue weighted by Gasteiger charge is -2.22. The van der Waals surface area contributed by atoms with Crippen molar-refractivity contribution in [3.05, 3.63) is 0 Å². The predicted octanol–water partition coefficient (Wildman–Crippen LogP) is 1.76. The molecule has 86 valence electrons. The summed E-state index contributed by atoms with van der Waals surface area (Å²) in [6, 6.07) is 0.624. The summed E-state index contributed by atoms with van der Waals surface area (Å²) in [6.07, 6.45) is 7.59. The van der Waals surface area contributed by atoms with Crippen LogP contribution in [0.4, 0.5) is 0 Å². The topological polar surface area (TPSA) is 21.3 Å². The van der Waals surface area contributed by atoms with E-state index in [9.17, 15) is 0 Å². The molecule has 1 heterocycles. The molecule has 0 amide bonds. The number of ether oxygens (including phenoxy) is 1. The number of nitrogens with one attached hydrogen (secondary N) is 1. The van der Waals surface area contributed by atoms with E-state index in [0.29, 0.717) is 12.0 Å². The molecule has 0 radical (unpaired) electrons. The number of hydrogen-bond acceptors (Lipinski definition) is 3. The molecule has 1 aliphatic heterocycles. The first kappa shape index (κ1) is 12.9. The molecule has 0 saturated carbocycles. The molecular weight excluding hydrogens is 206 g/mol. The van der Waals surface area contributed by atoms with Gasteiger partial charge in [-0.1, -0.05) is 12.8 Å². The van der Waals surface area contributed by atoms with E-state index in [1.165, 1.54) is 12.8 Å². The van der Waals surface area contributed by atoms with E-state index in [-0.39, 0.29) is 0 Å². The second-order valence-electron chi connectivity index (χ2n) is 3.85. The lowest BCUT2D eigenvalue weighted by molar-refractivity contribution is 0.176. The molecule has 1 fully saturated rings. The number of rotatable bonds is 7. The van der Waals surface area contributed by atoms with Crippen molar-refractivity contribution in [2.45, 2.75) is 25.8 Å². The molecule has 15 heavy (non-hydrogen) atoms. The third kappa shape index (κ3) is 4.92. The second kappa shape index (κ2) is 8.04. The van der Waals surface area contributed by atoms with Crippen LogP contribution in [0.25, 0.3) is 0 Å². The zero-order chi connectivity index (χ0) is 10.9. The quantitative estimate of drug-likeness (QED) is 0.529. The van der Waals surface area contributed by atoms with Gasteiger partial charge in [0.15, 0.2) is 0 Å². The van der Waals surface area contributed by atoms with Gasteiger partial charge in [-0.05, 0) is 18.8 Å². The van der Waals surface area contributed by atoms with Gasteiger partial charge in [0.2, 0.25) is 0 Å². The molecule has 0 spiro atoms. The maximum atomic E-state index is 5.41. The highest BCUT2D eigenvalue weighted by Gasteiger charge is 2.23. The van der Waals surface area contributed by atoms with Crippen LogP contribution in [0.5, 0.6) is 0 Å². The number of hydrogen-bond donors (Lipinski definition) is 1. The minimum absolute atomic E-state index is 0.624. The van der Waals surface area contributed by atoms with Crippen LogP contribution in [0.3, 0.4) is 0 Å². The van der Waals surface area contributed by atoms with Gasteiger partial charge in [0.05, 0.1) is 12.4 Å². The molecule has 2 unspecified atom stereocenters. The summed E-state index contributed by atoms with van der Waals surface area (Å²) in [6.45, 7) is 5.17. The van der Waals surface area contributed by atoms with E-state index in [1.54, 1.807) is 0 Å². The van der Waals surface area contributed by atoms with Crippen LogP contribution < -0.4 is 5.32 Å². The monoisotopic (exact) mass is 227 g/mol. The average Bonchev–Trinajstić information content (AvgIpc) is 2.77. The molecule has 0 aromatic carbocycles. The Kier molecular flexibility index (Phi) is 6.91. The molecule has 0 aliphatic carbocycles. The SMILES string of the molecule is C#CCSCCNC(CC)C1CCOC1. The third-order valence-corrected chi connectivity index (χ3v) is 3.68. The van der Waals surface area contributed by atoms with E-state index < -0.39 is 0 Å². The zero-order valence-corrected chi connectivity index (χ0v) is 10.3. The van der Waals surface area contributed by atoms with Gasteiger partial charge in [0.25, 0.3) is 0 Å². The Morgan fingerprint density at radius 2 is 2.53 bits per heavy atom. The Morgan fingerprint density at radius 1 is 1.67 bits per heavy atom.